The molecule has 1 saturated carbocycles. The first kappa shape index (κ1) is 10.5. The van der Waals surface area contributed by atoms with E-state index >= 15 is 0 Å². The highest BCUT2D eigenvalue weighted by Crippen LogP contribution is 2.52. The number of carboxylic acids is 1. The van der Waals surface area contributed by atoms with E-state index in [-0.39, 0.29) is 48.5 Å². The van der Waals surface area contributed by atoms with Crippen LogP contribution in [0.2, 0.25) is 0 Å². The molecule has 1 heterocycles. The van der Waals surface area contributed by atoms with Crippen molar-refractivity contribution < 1.29 is 19.5 Å². The molecule has 1 aliphatic heterocycles. The maximum Gasteiger partial charge on any atom is 0.305 e. The molecule has 5 nitrogen and oxygen atoms in total. The van der Waals surface area contributed by atoms with Crippen LogP contribution in [0.25, 0.3) is 0 Å². The predicted octanol–water partition coefficient (Wildman–Crippen LogP) is 0.268. The molecule has 90 valence electrons. The van der Waals surface area contributed by atoms with Gasteiger partial charge in [-0.2, -0.15) is 0 Å². The number of fused-ring (bicyclic) bond motifs is 5. The average molecular weight is 235 g/mol. The summed E-state index contributed by atoms with van der Waals surface area (Å²) < 4.78 is 0. The third-order valence-corrected chi connectivity index (χ3v) is 4.11. The maximum atomic E-state index is 12.1. The number of allylic oxidation sites excluding steroid dienone is 2. The molecule has 2 aliphatic carbocycles. The van der Waals surface area contributed by atoms with Gasteiger partial charge in [-0.25, -0.2) is 0 Å². The molecule has 1 saturated heterocycles. The number of carboxylic acid groups (broad SMARTS) is 1. The number of rotatable bonds is 3. The van der Waals surface area contributed by atoms with E-state index in [9.17, 15) is 14.4 Å². The van der Waals surface area contributed by atoms with Gasteiger partial charge in [-0.1, -0.05) is 12.2 Å². The van der Waals surface area contributed by atoms with Gasteiger partial charge in [0, 0.05) is 6.54 Å². The van der Waals surface area contributed by atoms with Gasteiger partial charge in [-0.3, -0.25) is 19.3 Å². The summed E-state index contributed by atoms with van der Waals surface area (Å²) in [5.74, 6) is -1.37. The van der Waals surface area contributed by atoms with Crippen molar-refractivity contribution in [3.05, 3.63) is 12.2 Å². The van der Waals surface area contributed by atoms with Crippen LogP contribution in [0.5, 0.6) is 0 Å². The lowest BCUT2D eigenvalue weighted by atomic mass is 9.85. The van der Waals surface area contributed by atoms with Crippen molar-refractivity contribution in [1.82, 2.24) is 4.90 Å². The molecular weight excluding hydrogens is 222 g/mol. The van der Waals surface area contributed by atoms with Gasteiger partial charge in [0.1, 0.15) is 0 Å². The van der Waals surface area contributed by atoms with Crippen LogP contribution in [0.15, 0.2) is 12.2 Å². The van der Waals surface area contributed by atoms with Gasteiger partial charge in [0.25, 0.3) is 0 Å². The lowest BCUT2D eigenvalue weighted by molar-refractivity contribution is -0.142. The zero-order valence-electron chi connectivity index (χ0n) is 9.20. The number of carbonyl (C=O) groups excluding carboxylic acids is 2. The first-order valence-corrected chi connectivity index (χ1v) is 5.85. The van der Waals surface area contributed by atoms with Gasteiger partial charge in [0.15, 0.2) is 0 Å². The van der Waals surface area contributed by atoms with Gasteiger partial charge < -0.3 is 5.11 Å². The molecule has 2 fully saturated rings. The number of hydrogen-bond acceptors (Lipinski definition) is 3. The molecule has 0 radical (unpaired) electrons. The van der Waals surface area contributed by atoms with E-state index in [4.69, 9.17) is 5.11 Å². The number of likely N-dealkylation sites (tertiary alicyclic amines) is 1. The molecule has 3 aliphatic rings. The summed E-state index contributed by atoms with van der Waals surface area (Å²) in [6, 6.07) is 0. The fraction of sp³-hybridized carbons (Fsp3) is 0.583. The number of carbonyl (C=O) groups is 3. The molecule has 2 amide bonds. The SMILES string of the molecule is O=C(O)CCN1C(=O)C2C(C1=O)[C@H]1C=C[C@@H]2C1. The summed E-state index contributed by atoms with van der Waals surface area (Å²) in [5.41, 5.74) is 0. The first-order chi connectivity index (χ1) is 8.09. The fourth-order valence-electron chi connectivity index (χ4n) is 3.39. The summed E-state index contributed by atoms with van der Waals surface area (Å²) in [4.78, 5) is 35.8. The van der Waals surface area contributed by atoms with E-state index in [0.717, 1.165) is 11.3 Å². The Hall–Kier alpha value is -1.65. The van der Waals surface area contributed by atoms with Crippen LogP contribution in [-0.2, 0) is 14.4 Å². The zero-order chi connectivity index (χ0) is 12.2. The van der Waals surface area contributed by atoms with Crippen molar-refractivity contribution in [2.24, 2.45) is 23.7 Å². The Morgan fingerprint density at radius 2 is 1.76 bits per heavy atom. The van der Waals surface area contributed by atoms with Crippen molar-refractivity contribution in [1.29, 1.82) is 0 Å². The first-order valence-electron chi connectivity index (χ1n) is 5.85. The van der Waals surface area contributed by atoms with Gasteiger partial charge >= 0.3 is 5.97 Å². The lowest BCUT2D eigenvalue weighted by Gasteiger charge is -2.15. The topological polar surface area (TPSA) is 74.7 Å². The maximum absolute atomic E-state index is 12.1. The normalized spacial score (nSPS) is 38.0. The molecule has 0 aromatic heterocycles. The lowest BCUT2D eigenvalue weighted by Crippen LogP contribution is -2.34. The molecule has 1 N–H and O–H groups in total. The van der Waals surface area contributed by atoms with Gasteiger partial charge in [-0.05, 0) is 18.3 Å². The highest BCUT2D eigenvalue weighted by Gasteiger charge is 2.58. The fourth-order valence-corrected chi connectivity index (χ4v) is 3.39. The van der Waals surface area contributed by atoms with Crippen LogP contribution in [0.1, 0.15) is 12.8 Å². The molecule has 4 atom stereocenters. The Kier molecular flexibility index (Phi) is 2.11. The van der Waals surface area contributed by atoms with Crippen molar-refractivity contribution >= 4 is 17.8 Å². The minimum absolute atomic E-state index is 0.0133. The van der Waals surface area contributed by atoms with Gasteiger partial charge in [-0.15, -0.1) is 0 Å². The van der Waals surface area contributed by atoms with E-state index in [0.29, 0.717) is 0 Å². The van der Waals surface area contributed by atoms with E-state index in [1.165, 1.54) is 0 Å². The Balaban J connectivity index is 1.80. The smallest absolute Gasteiger partial charge is 0.305 e. The standard InChI is InChI=1S/C12H13NO4/c14-8(15)3-4-13-11(16)9-6-1-2-7(5-6)10(9)12(13)17/h1-2,6-7,9-10H,3-5H2,(H,14,15)/t6-,7+,9?,10?. The van der Waals surface area contributed by atoms with Crippen LogP contribution in [0.3, 0.4) is 0 Å². The molecule has 2 unspecified atom stereocenters. The van der Waals surface area contributed by atoms with Crippen molar-refractivity contribution in [3.8, 4) is 0 Å². The Morgan fingerprint density at radius 1 is 1.24 bits per heavy atom. The quantitative estimate of drug-likeness (QED) is 0.562. The summed E-state index contributed by atoms with van der Waals surface area (Å²) >= 11 is 0. The number of hydrogen-bond donors (Lipinski definition) is 1. The largest absolute Gasteiger partial charge is 0.481 e. The number of amides is 2. The monoisotopic (exact) mass is 235 g/mol. The Labute approximate surface area is 98.1 Å². The molecule has 2 bridgehead atoms. The third-order valence-electron chi connectivity index (χ3n) is 4.11. The molecular formula is C12H13NO4. The molecule has 5 heteroatoms. The average Bonchev–Trinajstić information content (AvgIpc) is 2.92. The number of imide groups is 1. The molecule has 0 aromatic rings. The molecule has 3 rings (SSSR count). The van der Waals surface area contributed by atoms with E-state index in [1.54, 1.807) is 0 Å². The van der Waals surface area contributed by atoms with Crippen molar-refractivity contribution in [3.63, 3.8) is 0 Å². The molecule has 0 aromatic carbocycles. The second-order valence-electron chi connectivity index (χ2n) is 4.97. The van der Waals surface area contributed by atoms with E-state index < -0.39 is 5.97 Å². The number of nitrogens with zero attached hydrogens (tertiary/aromatic N) is 1. The number of aliphatic carboxylic acids is 1. The van der Waals surface area contributed by atoms with E-state index in [1.807, 2.05) is 12.2 Å². The van der Waals surface area contributed by atoms with Gasteiger partial charge in [0.2, 0.25) is 11.8 Å². The van der Waals surface area contributed by atoms with Crippen LogP contribution < -0.4 is 0 Å². The summed E-state index contributed by atoms with van der Waals surface area (Å²) in [7, 11) is 0. The van der Waals surface area contributed by atoms with Crippen molar-refractivity contribution in [2.75, 3.05) is 6.54 Å². The van der Waals surface area contributed by atoms with Gasteiger partial charge in [0.05, 0.1) is 18.3 Å². The van der Waals surface area contributed by atoms with Crippen LogP contribution in [-0.4, -0.2) is 34.3 Å². The van der Waals surface area contributed by atoms with Crippen LogP contribution in [0, 0.1) is 23.7 Å². The summed E-state index contributed by atoms with van der Waals surface area (Å²) in [6.45, 7) is 0.0133. The Morgan fingerprint density at radius 3 is 2.24 bits per heavy atom. The third kappa shape index (κ3) is 1.34. The highest BCUT2D eigenvalue weighted by atomic mass is 16.4. The highest BCUT2D eigenvalue weighted by molar-refractivity contribution is 6.06. The van der Waals surface area contributed by atoms with E-state index in [2.05, 4.69) is 0 Å². The van der Waals surface area contributed by atoms with Crippen molar-refractivity contribution in [2.45, 2.75) is 12.8 Å². The predicted molar refractivity (Wildman–Crippen MR) is 56.7 cm³/mol. The minimum atomic E-state index is -0.983. The second-order valence-corrected chi connectivity index (χ2v) is 4.97. The summed E-state index contributed by atoms with van der Waals surface area (Å²) in [5, 5.41) is 8.60. The van der Waals surface area contributed by atoms with Crippen LogP contribution >= 0.6 is 0 Å². The molecule has 17 heavy (non-hydrogen) atoms. The minimum Gasteiger partial charge on any atom is -0.481 e. The second kappa shape index (κ2) is 3.42. The summed E-state index contributed by atoms with van der Waals surface area (Å²) in [6.07, 6.45) is 4.79. The zero-order valence-corrected chi connectivity index (χ0v) is 9.20. The Bertz CT molecular complexity index is 412. The van der Waals surface area contributed by atoms with Crippen LogP contribution in [0.4, 0.5) is 0 Å². The molecule has 0 spiro atoms.